The van der Waals surface area contributed by atoms with Gasteiger partial charge in [-0.2, -0.15) is 0 Å². The Balaban J connectivity index is 1.96. The van der Waals surface area contributed by atoms with Crippen LogP contribution in [0.25, 0.3) is 0 Å². The van der Waals surface area contributed by atoms with Crippen molar-refractivity contribution in [2.24, 2.45) is 0 Å². The van der Waals surface area contributed by atoms with Gasteiger partial charge in [-0.1, -0.05) is 17.7 Å². The predicted molar refractivity (Wildman–Crippen MR) is 74.8 cm³/mol. The number of ether oxygens (including phenoxy) is 1. The van der Waals surface area contributed by atoms with Crippen molar-refractivity contribution in [2.45, 2.75) is 6.92 Å². The Morgan fingerprint density at radius 2 is 1.95 bits per heavy atom. The van der Waals surface area contributed by atoms with Crippen LogP contribution in [0.5, 0.6) is 5.75 Å². The maximum absolute atomic E-state index is 13.2. The van der Waals surface area contributed by atoms with Gasteiger partial charge in [0.05, 0.1) is 12.2 Å². The minimum absolute atomic E-state index is 0.0961. The second-order valence-corrected chi connectivity index (χ2v) is 4.78. The van der Waals surface area contributed by atoms with Crippen LogP contribution in [-0.2, 0) is 0 Å². The Bertz CT molecular complexity index is 652. The summed E-state index contributed by atoms with van der Waals surface area (Å²) < 4.78 is 18.6. The van der Waals surface area contributed by atoms with Crippen LogP contribution < -0.4 is 9.64 Å². The Morgan fingerprint density at radius 1 is 1.20 bits per heavy atom. The molecule has 2 aromatic rings. The molecule has 1 aliphatic heterocycles. The van der Waals surface area contributed by atoms with Gasteiger partial charge in [0.15, 0.2) is 0 Å². The lowest BCUT2D eigenvalue weighted by Crippen LogP contribution is -2.38. The monoisotopic (exact) mass is 271 g/mol. The molecule has 102 valence electrons. The first-order valence-electron chi connectivity index (χ1n) is 6.46. The molecule has 2 aromatic carbocycles. The first-order chi connectivity index (χ1) is 9.65. The van der Waals surface area contributed by atoms with Gasteiger partial charge in [0.2, 0.25) is 0 Å². The van der Waals surface area contributed by atoms with E-state index in [4.69, 9.17) is 4.74 Å². The van der Waals surface area contributed by atoms with E-state index in [1.165, 1.54) is 12.1 Å². The molecule has 0 saturated heterocycles. The van der Waals surface area contributed by atoms with Crippen LogP contribution in [0.15, 0.2) is 42.5 Å². The molecule has 1 amide bonds. The maximum Gasteiger partial charge on any atom is 0.258 e. The third kappa shape index (κ3) is 2.25. The van der Waals surface area contributed by atoms with E-state index in [2.05, 4.69) is 0 Å². The largest absolute Gasteiger partial charge is 0.489 e. The van der Waals surface area contributed by atoms with Crippen LogP contribution in [0.2, 0.25) is 0 Å². The van der Waals surface area contributed by atoms with Crippen molar-refractivity contribution < 1.29 is 13.9 Å². The summed E-state index contributed by atoms with van der Waals surface area (Å²) in [7, 11) is 0. The number of halogens is 1. The molecule has 0 N–H and O–H groups in total. The van der Waals surface area contributed by atoms with Crippen molar-refractivity contribution in [2.75, 3.05) is 18.1 Å². The second-order valence-electron chi connectivity index (χ2n) is 4.78. The lowest BCUT2D eigenvalue weighted by Gasteiger charge is -2.29. The number of hydrogen-bond donors (Lipinski definition) is 0. The van der Waals surface area contributed by atoms with E-state index < -0.39 is 0 Å². The predicted octanol–water partition coefficient (Wildman–Crippen LogP) is 3.17. The molecule has 0 atom stereocenters. The Hall–Kier alpha value is -2.36. The lowest BCUT2D eigenvalue weighted by molar-refractivity contribution is 0.0976. The van der Waals surface area contributed by atoms with E-state index in [9.17, 15) is 9.18 Å². The van der Waals surface area contributed by atoms with Crippen LogP contribution in [0.3, 0.4) is 0 Å². The number of hydrogen-bond acceptors (Lipinski definition) is 2. The topological polar surface area (TPSA) is 29.5 Å². The summed E-state index contributed by atoms with van der Waals surface area (Å²) >= 11 is 0. The molecular weight excluding hydrogens is 257 g/mol. The molecule has 0 bridgehead atoms. The van der Waals surface area contributed by atoms with Crippen molar-refractivity contribution >= 4 is 11.6 Å². The van der Waals surface area contributed by atoms with E-state index in [-0.39, 0.29) is 11.7 Å². The highest BCUT2D eigenvalue weighted by Crippen LogP contribution is 2.33. The van der Waals surface area contributed by atoms with Crippen molar-refractivity contribution in [1.82, 2.24) is 0 Å². The molecule has 0 radical (unpaired) electrons. The van der Waals surface area contributed by atoms with Crippen LogP contribution in [0.1, 0.15) is 15.9 Å². The third-order valence-corrected chi connectivity index (χ3v) is 3.33. The smallest absolute Gasteiger partial charge is 0.258 e. The van der Waals surface area contributed by atoms with Crippen molar-refractivity contribution in [3.63, 3.8) is 0 Å². The number of amides is 1. The highest BCUT2D eigenvalue weighted by Gasteiger charge is 2.24. The fourth-order valence-electron chi connectivity index (χ4n) is 2.26. The van der Waals surface area contributed by atoms with Gasteiger partial charge in [0.1, 0.15) is 18.2 Å². The van der Waals surface area contributed by atoms with Crippen LogP contribution in [0.4, 0.5) is 10.1 Å². The number of anilines is 1. The average molecular weight is 271 g/mol. The first kappa shape index (κ1) is 12.7. The van der Waals surface area contributed by atoms with Crippen molar-refractivity contribution in [3.05, 3.63) is 59.4 Å². The van der Waals surface area contributed by atoms with E-state index in [0.29, 0.717) is 30.2 Å². The summed E-state index contributed by atoms with van der Waals surface area (Å²) in [4.78, 5) is 14.2. The number of benzene rings is 2. The molecular formula is C16H14FNO2. The van der Waals surface area contributed by atoms with E-state index in [1.54, 1.807) is 23.1 Å². The van der Waals surface area contributed by atoms with Gasteiger partial charge in [-0.3, -0.25) is 4.79 Å². The molecule has 0 saturated carbocycles. The van der Waals surface area contributed by atoms with Gasteiger partial charge < -0.3 is 9.64 Å². The molecule has 1 aliphatic rings. The van der Waals surface area contributed by atoms with Gasteiger partial charge in [-0.25, -0.2) is 4.39 Å². The molecule has 3 rings (SSSR count). The van der Waals surface area contributed by atoms with E-state index in [1.807, 2.05) is 19.1 Å². The minimum Gasteiger partial charge on any atom is -0.489 e. The highest BCUT2D eigenvalue weighted by atomic mass is 19.1. The Labute approximate surface area is 116 Å². The van der Waals surface area contributed by atoms with Crippen LogP contribution in [0, 0.1) is 12.7 Å². The first-order valence-corrected chi connectivity index (χ1v) is 6.46. The number of nitrogens with zero attached hydrogens (tertiary/aromatic N) is 1. The lowest BCUT2D eigenvalue weighted by atomic mass is 10.1. The second kappa shape index (κ2) is 4.96. The molecule has 0 fully saturated rings. The summed E-state index contributed by atoms with van der Waals surface area (Å²) in [6, 6.07) is 11.6. The number of carbonyl (C=O) groups is 1. The molecule has 0 unspecified atom stereocenters. The number of aryl methyl sites for hydroxylation is 1. The van der Waals surface area contributed by atoms with Gasteiger partial charge in [0.25, 0.3) is 5.91 Å². The zero-order valence-corrected chi connectivity index (χ0v) is 11.1. The maximum atomic E-state index is 13.2. The van der Waals surface area contributed by atoms with Crippen LogP contribution >= 0.6 is 0 Å². The summed E-state index contributed by atoms with van der Waals surface area (Å²) in [5.74, 6) is -0.0498. The van der Waals surface area contributed by atoms with Crippen molar-refractivity contribution in [1.29, 1.82) is 0 Å². The number of carbonyl (C=O) groups excluding carboxylic acids is 1. The Morgan fingerprint density at radius 3 is 2.70 bits per heavy atom. The molecule has 20 heavy (non-hydrogen) atoms. The van der Waals surface area contributed by atoms with E-state index in [0.717, 1.165) is 5.56 Å². The van der Waals surface area contributed by atoms with Gasteiger partial charge >= 0.3 is 0 Å². The molecule has 1 heterocycles. The fraction of sp³-hybridized carbons (Fsp3) is 0.188. The Kier molecular flexibility index (Phi) is 3.14. The van der Waals surface area contributed by atoms with Crippen molar-refractivity contribution in [3.8, 4) is 5.75 Å². The number of rotatable bonds is 1. The summed E-state index contributed by atoms with van der Waals surface area (Å²) in [6.07, 6.45) is 0. The quantitative estimate of drug-likeness (QED) is 0.797. The normalized spacial score (nSPS) is 13.6. The number of fused-ring (bicyclic) bond motifs is 1. The molecule has 3 nitrogen and oxygen atoms in total. The zero-order valence-electron chi connectivity index (χ0n) is 11.1. The van der Waals surface area contributed by atoms with Gasteiger partial charge in [-0.05, 0) is 31.2 Å². The van der Waals surface area contributed by atoms with Gasteiger partial charge in [0, 0.05) is 11.6 Å². The molecule has 0 aromatic heterocycles. The summed E-state index contributed by atoms with van der Waals surface area (Å²) in [5.41, 5.74) is 2.34. The zero-order chi connectivity index (χ0) is 14.1. The highest BCUT2D eigenvalue weighted by molar-refractivity contribution is 6.07. The fourth-order valence-corrected chi connectivity index (χ4v) is 2.26. The SMILES string of the molecule is Cc1ccc(C(=O)N2CCOc3cc(F)ccc32)cc1. The molecule has 0 aliphatic carbocycles. The average Bonchev–Trinajstić information content (AvgIpc) is 2.46. The molecule has 0 spiro atoms. The van der Waals surface area contributed by atoms with Gasteiger partial charge in [-0.15, -0.1) is 0 Å². The van der Waals surface area contributed by atoms with E-state index >= 15 is 0 Å². The molecule has 4 heteroatoms. The third-order valence-electron chi connectivity index (χ3n) is 3.33. The van der Waals surface area contributed by atoms with Crippen LogP contribution in [-0.4, -0.2) is 19.1 Å². The standard InChI is InChI=1S/C16H14FNO2/c1-11-2-4-12(5-3-11)16(19)18-8-9-20-15-10-13(17)6-7-14(15)18/h2-7,10H,8-9H2,1H3. The summed E-state index contributed by atoms with van der Waals surface area (Å²) in [5, 5.41) is 0. The minimum atomic E-state index is -0.367. The summed E-state index contributed by atoms with van der Waals surface area (Å²) in [6.45, 7) is 2.81.